The highest BCUT2D eigenvalue weighted by Gasteiger charge is 2.35. The predicted molar refractivity (Wildman–Crippen MR) is 87.7 cm³/mol. The standard InChI is InChI=1S/C16H22BrNO3/c1-8-7-11-9(2)13(10(3)12(17)14(11)21-8)18(15(19)20)16(4,5)6/h8H,7H2,1-6H3,(H,19,20). The van der Waals surface area contributed by atoms with E-state index in [0.29, 0.717) is 0 Å². The number of rotatable bonds is 1. The highest BCUT2D eigenvalue weighted by molar-refractivity contribution is 9.10. The van der Waals surface area contributed by atoms with Crippen LogP contribution in [0.25, 0.3) is 0 Å². The van der Waals surface area contributed by atoms with Crippen LogP contribution in [0.4, 0.5) is 10.5 Å². The number of amides is 1. The Bertz CT molecular complexity index is 605. The Labute approximate surface area is 134 Å². The third-order valence-electron chi connectivity index (χ3n) is 3.86. The van der Waals surface area contributed by atoms with Crippen molar-refractivity contribution in [2.24, 2.45) is 0 Å². The first-order valence-corrected chi connectivity index (χ1v) is 7.86. The Morgan fingerprint density at radius 3 is 2.38 bits per heavy atom. The van der Waals surface area contributed by atoms with Crippen LogP contribution in [0, 0.1) is 13.8 Å². The molecule has 0 aliphatic carbocycles. The number of hydrogen-bond donors (Lipinski definition) is 1. The van der Waals surface area contributed by atoms with Crippen LogP contribution in [0.1, 0.15) is 44.4 Å². The summed E-state index contributed by atoms with van der Waals surface area (Å²) in [4.78, 5) is 13.3. The van der Waals surface area contributed by atoms with E-state index < -0.39 is 11.6 Å². The summed E-state index contributed by atoms with van der Waals surface area (Å²) in [5.41, 5.74) is 3.24. The molecule has 0 radical (unpaired) electrons. The van der Waals surface area contributed by atoms with Crippen molar-refractivity contribution < 1.29 is 14.6 Å². The third-order valence-corrected chi connectivity index (χ3v) is 4.82. The number of benzene rings is 1. The summed E-state index contributed by atoms with van der Waals surface area (Å²) in [6.07, 6.45) is -0.00457. The molecule has 1 aliphatic heterocycles. The molecule has 1 amide bonds. The average molecular weight is 356 g/mol. The quantitative estimate of drug-likeness (QED) is 0.795. The molecular formula is C16H22BrNO3. The molecule has 1 aromatic rings. The predicted octanol–water partition coefficient (Wildman–Crippen LogP) is 4.67. The molecular weight excluding hydrogens is 334 g/mol. The molecule has 0 bridgehead atoms. The van der Waals surface area contributed by atoms with Gasteiger partial charge in [-0.2, -0.15) is 0 Å². The van der Waals surface area contributed by atoms with Gasteiger partial charge in [-0.25, -0.2) is 4.79 Å². The summed E-state index contributed by atoms with van der Waals surface area (Å²) in [5, 5.41) is 9.68. The van der Waals surface area contributed by atoms with Gasteiger partial charge in [-0.05, 0) is 68.6 Å². The number of carbonyl (C=O) groups is 1. The van der Waals surface area contributed by atoms with Gasteiger partial charge in [0.25, 0.3) is 0 Å². The molecule has 1 aromatic carbocycles. The first-order valence-electron chi connectivity index (χ1n) is 7.07. The zero-order valence-electron chi connectivity index (χ0n) is 13.4. The second-order valence-corrected chi connectivity index (χ2v) is 7.43. The summed E-state index contributed by atoms with van der Waals surface area (Å²) in [6, 6.07) is 0. The smallest absolute Gasteiger partial charge is 0.412 e. The summed E-state index contributed by atoms with van der Waals surface area (Å²) in [7, 11) is 0. The first-order chi connectivity index (χ1) is 9.55. The van der Waals surface area contributed by atoms with Gasteiger partial charge in [-0.1, -0.05) is 0 Å². The number of carboxylic acid groups (broad SMARTS) is 1. The second kappa shape index (κ2) is 5.20. The fourth-order valence-corrected chi connectivity index (χ4v) is 3.47. The fourth-order valence-electron chi connectivity index (χ4n) is 2.95. The van der Waals surface area contributed by atoms with Crippen molar-refractivity contribution in [2.75, 3.05) is 4.90 Å². The monoisotopic (exact) mass is 355 g/mol. The Morgan fingerprint density at radius 2 is 1.90 bits per heavy atom. The minimum Gasteiger partial charge on any atom is -0.489 e. The van der Waals surface area contributed by atoms with Crippen molar-refractivity contribution in [1.82, 2.24) is 0 Å². The van der Waals surface area contributed by atoms with E-state index in [-0.39, 0.29) is 6.10 Å². The normalized spacial score (nSPS) is 17.4. The summed E-state index contributed by atoms with van der Waals surface area (Å²) >= 11 is 3.58. The van der Waals surface area contributed by atoms with Crippen LogP contribution < -0.4 is 9.64 Å². The molecule has 1 atom stereocenters. The van der Waals surface area contributed by atoms with Crippen LogP contribution in [0.3, 0.4) is 0 Å². The van der Waals surface area contributed by atoms with Crippen molar-refractivity contribution in [3.63, 3.8) is 0 Å². The lowest BCUT2D eigenvalue weighted by molar-refractivity contribution is 0.195. The van der Waals surface area contributed by atoms with Gasteiger partial charge in [0.15, 0.2) is 0 Å². The third kappa shape index (κ3) is 2.63. The molecule has 5 heteroatoms. The van der Waals surface area contributed by atoms with Crippen LogP contribution in [0.5, 0.6) is 5.75 Å². The van der Waals surface area contributed by atoms with E-state index in [1.807, 2.05) is 41.5 Å². The van der Waals surface area contributed by atoms with Crippen LogP contribution >= 0.6 is 15.9 Å². The maximum Gasteiger partial charge on any atom is 0.412 e. The molecule has 0 saturated heterocycles. The first kappa shape index (κ1) is 16.1. The lowest BCUT2D eigenvalue weighted by atomic mass is 9.95. The number of halogens is 1. The Morgan fingerprint density at radius 1 is 1.33 bits per heavy atom. The SMILES string of the molecule is Cc1c(Br)c2c(c(C)c1N(C(=O)O)C(C)(C)C)CC(C)O2. The van der Waals surface area contributed by atoms with Crippen molar-refractivity contribution in [1.29, 1.82) is 0 Å². The van der Waals surface area contributed by atoms with Crippen molar-refractivity contribution in [3.05, 3.63) is 21.2 Å². The van der Waals surface area contributed by atoms with Crippen LogP contribution in [-0.2, 0) is 6.42 Å². The zero-order chi connectivity index (χ0) is 16.1. The van der Waals surface area contributed by atoms with E-state index in [4.69, 9.17) is 4.74 Å². The summed E-state index contributed by atoms with van der Waals surface area (Å²) in [5.74, 6) is 0.862. The minimum absolute atomic E-state index is 0.123. The van der Waals surface area contributed by atoms with E-state index in [9.17, 15) is 9.90 Å². The number of hydrogen-bond acceptors (Lipinski definition) is 2. The zero-order valence-corrected chi connectivity index (χ0v) is 15.0. The van der Waals surface area contributed by atoms with Gasteiger partial charge in [-0.3, -0.25) is 4.90 Å². The molecule has 21 heavy (non-hydrogen) atoms. The van der Waals surface area contributed by atoms with Crippen molar-refractivity contribution in [2.45, 2.75) is 59.6 Å². The highest BCUT2D eigenvalue weighted by atomic mass is 79.9. The summed E-state index contributed by atoms with van der Waals surface area (Å²) < 4.78 is 6.73. The van der Waals surface area contributed by atoms with Gasteiger partial charge in [0, 0.05) is 17.5 Å². The second-order valence-electron chi connectivity index (χ2n) is 6.64. The van der Waals surface area contributed by atoms with E-state index >= 15 is 0 Å². The lowest BCUT2D eigenvalue weighted by Crippen LogP contribution is -2.46. The number of anilines is 1. The maximum atomic E-state index is 11.8. The molecule has 1 heterocycles. The molecule has 1 unspecified atom stereocenters. The van der Waals surface area contributed by atoms with Gasteiger partial charge in [0.2, 0.25) is 0 Å². The number of nitrogens with zero attached hydrogens (tertiary/aromatic N) is 1. The van der Waals surface area contributed by atoms with Crippen LogP contribution in [0.2, 0.25) is 0 Å². The molecule has 116 valence electrons. The lowest BCUT2D eigenvalue weighted by Gasteiger charge is -2.36. The Hall–Kier alpha value is -1.23. The molecule has 0 fully saturated rings. The molecule has 2 rings (SSSR count). The molecule has 0 saturated carbocycles. The molecule has 1 N–H and O–H groups in total. The average Bonchev–Trinajstić information content (AvgIpc) is 2.72. The molecule has 0 aromatic heterocycles. The summed E-state index contributed by atoms with van der Waals surface area (Å²) in [6.45, 7) is 11.7. The van der Waals surface area contributed by atoms with Crippen molar-refractivity contribution in [3.8, 4) is 5.75 Å². The number of ether oxygens (including phenoxy) is 1. The van der Waals surface area contributed by atoms with E-state index in [1.165, 1.54) is 4.90 Å². The van der Waals surface area contributed by atoms with Gasteiger partial charge in [0.1, 0.15) is 11.9 Å². The van der Waals surface area contributed by atoms with Gasteiger partial charge >= 0.3 is 6.09 Å². The largest absolute Gasteiger partial charge is 0.489 e. The topological polar surface area (TPSA) is 49.8 Å². The van der Waals surface area contributed by atoms with Gasteiger partial charge in [-0.15, -0.1) is 0 Å². The van der Waals surface area contributed by atoms with Crippen LogP contribution in [-0.4, -0.2) is 22.8 Å². The van der Waals surface area contributed by atoms with E-state index in [2.05, 4.69) is 15.9 Å². The Balaban J connectivity index is 2.74. The minimum atomic E-state index is -0.937. The maximum absolute atomic E-state index is 11.8. The fraction of sp³-hybridized carbons (Fsp3) is 0.562. The van der Waals surface area contributed by atoms with Gasteiger partial charge in [0.05, 0.1) is 10.2 Å². The van der Waals surface area contributed by atoms with Crippen LogP contribution in [0.15, 0.2) is 4.47 Å². The van der Waals surface area contributed by atoms with E-state index in [1.54, 1.807) is 0 Å². The highest BCUT2D eigenvalue weighted by Crippen LogP contribution is 2.46. The molecule has 4 nitrogen and oxygen atoms in total. The number of fused-ring (bicyclic) bond motifs is 1. The van der Waals surface area contributed by atoms with E-state index in [0.717, 1.165) is 39.0 Å². The molecule has 0 spiro atoms. The van der Waals surface area contributed by atoms with Gasteiger partial charge < -0.3 is 9.84 Å². The molecule has 1 aliphatic rings. The van der Waals surface area contributed by atoms with Crippen molar-refractivity contribution >= 4 is 27.7 Å². The Kier molecular flexibility index (Phi) is 4.00.